The fraction of sp³-hybridized carbons (Fsp3) is 0.733. The summed E-state index contributed by atoms with van der Waals surface area (Å²) in [5.41, 5.74) is 2.03. The molecule has 4 heterocycles. The number of likely N-dealkylation sites (tertiary alicyclic amines) is 1. The third-order valence-electron chi connectivity index (χ3n) is 5.54. The van der Waals surface area contributed by atoms with Crippen molar-refractivity contribution in [3.63, 3.8) is 0 Å². The largest absolute Gasteiger partial charge is 0.379 e. The summed E-state index contributed by atoms with van der Waals surface area (Å²) in [5, 5.41) is 1.71. The van der Waals surface area contributed by atoms with E-state index in [4.69, 9.17) is 4.74 Å². The van der Waals surface area contributed by atoms with Crippen LogP contribution in [-0.2, 0) is 14.6 Å². The second kappa shape index (κ2) is 6.05. The lowest BCUT2D eigenvalue weighted by molar-refractivity contribution is 0.0139. The minimum absolute atomic E-state index is 0.0973. The quantitative estimate of drug-likeness (QED) is 0.750. The Balaban J connectivity index is 1.48. The molecule has 4 rings (SSSR count). The third kappa shape index (κ3) is 2.58. The van der Waals surface area contributed by atoms with Crippen molar-refractivity contribution in [2.45, 2.75) is 11.2 Å². The van der Waals surface area contributed by atoms with E-state index in [0.717, 1.165) is 19.6 Å². The monoisotopic (exact) mass is 371 g/mol. The average Bonchev–Trinajstić information content (AvgIpc) is 3.13. The second-order valence-electron chi connectivity index (χ2n) is 6.82. The molecule has 1 aromatic heterocycles. The maximum Gasteiger partial charge on any atom is 0.273 e. The number of nitrogens with zero attached hydrogens (tertiary/aromatic N) is 3. The first-order valence-corrected chi connectivity index (χ1v) is 10.8. The van der Waals surface area contributed by atoms with Gasteiger partial charge in [0.25, 0.3) is 5.91 Å². The van der Waals surface area contributed by atoms with Gasteiger partial charge in [-0.3, -0.25) is 9.69 Å². The number of hydrogen-bond donors (Lipinski definition) is 0. The number of sulfone groups is 1. The first-order chi connectivity index (χ1) is 11.5. The van der Waals surface area contributed by atoms with E-state index >= 15 is 0 Å². The van der Waals surface area contributed by atoms with Crippen molar-refractivity contribution in [2.24, 2.45) is 5.92 Å². The van der Waals surface area contributed by atoms with Crippen LogP contribution >= 0.6 is 11.3 Å². The predicted octanol–water partition coefficient (Wildman–Crippen LogP) is 0.105. The van der Waals surface area contributed by atoms with E-state index in [1.165, 1.54) is 11.3 Å². The number of morpholine rings is 1. The summed E-state index contributed by atoms with van der Waals surface area (Å²) in [6.07, 6.45) is 0.693. The van der Waals surface area contributed by atoms with Crippen LogP contribution in [0.4, 0.5) is 0 Å². The molecule has 1 unspecified atom stereocenters. The number of carbonyl (C=O) groups excluding carboxylic acids is 1. The Bertz CT molecular complexity index is 707. The Morgan fingerprint density at radius 2 is 2.12 bits per heavy atom. The number of thiazole rings is 1. The summed E-state index contributed by atoms with van der Waals surface area (Å²) in [6, 6.07) is 0. The first-order valence-electron chi connectivity index (χ1n) is 8.22. The number of rotatable bonds is 3. The zero-order valence-electron chi connectivity index (χ0n) is 13.4. The highest BCUT2D eigenvalue weighted by Crippen LogP contribution is 2.45. The zero-order chi connectivity index (χ0) is 16.8. The number of amides is 1. The molecule has 24 heavy (non-hydrogen) atoms. The van der Waals surface area contributed by atoms with Gasteiger partial charge in [-0.15, -0.1) is 11.3 Å². The van der Waals surface area contributed by atoms with Crippen LogP contribution < -0.4 is 0 Å². The van der Waals surface area contributed by atoms with Crippen molar-refractivity contribution >= 4 is 27.1 Å². The minimum atomic E-state index is -3.15. The smallest absolute Gasteiger partial charge is 0.273 e. The van der Waals surface area contributed by atoms with Gasteiger partial charge in [0.2, 0.25) is 0 Å². The van der Waals surface area contributed by atoms with Crippen molar-refractivity contribution in [2.75, 3.05) is 51.7 Å². The Kier molecular flexibility index (Phi) is 4.14. The maximum absolute atomic E-state index is 12.7. The molecule has 1 spiro atoms. The van der Waals surface area contributed by atoms with Gasteiger partial charge in [-0.05, 0) is 12.3 Å². The van der Waals surface area contributed by atoms with Crippen LogP contribution in [0.15, 0.2) is 10.9 Å². The van der Waals surface area contributed by atoms with E-state index in [2.05, 4.69) is 9.88 Å². The molecular formula is C15H21N3O4S2. The predicted molar refractivity (Wildman–Crippen MR) is 89.9 cm³/mol. The molecule has 3 fully saturated rings. The fourth-order valence-corrected chi connectivity index (χ4v) is 6.98. The SMILES string of the molecule is O=C(c1cscn1)N1CC2(C1)C(CN1CCOCC1)CCS2(=O)=O. The van der Waals surface area contributed by atoms with Crippen LogP contribution in [0.25, 0.3) is 0 Å². The Morgan fingerprint density at radius 3 is 2.79 bits per heavy atom. The van der Waals surface area contributed by atoms with E-state index in [0.29, 0.717) is 38.4 Å². The summed E-state index contributed by atoms with van der Waals surface area (Å²) in [5.74, 6) is 0.176. The van der Waals surface area contributed by atoms with Crippen LogP contribution in [-0.4, -0.2) is 85.5 Å². The van der Waals surface area contributed by atoms with Gasteiger partial charge in [0.15, 0.2) is 9.84 Å². The molecule has 7 nitrogen and oxygen atoms in total. The molecule has 0 bridgehead atoms. The van der Waals surface area contributed by atoms with Crippen molar-refractivity contribution in [1.29, 1.82) is 0 Å². The Morgan fingerprint density at radius 1 is 1.38 bits per heavy atom. The van der Waals surface area contributed by atoms with Crippen molar-refractivity contribution in [3.05, 3.63) is 16.6 Å². The highest BCUT2D eigenvalue weighted by molar-refractivity contribution is 7.93. The first kappa shape index (κ1) is 16.4. The van der Waals surface area contributed by atoms with E-state index in [1.54, 1.807) is 15.8 Å². The molecule has 9 heteroatoms. The van der Waals surface area contributed by atoms with Gasteiger partial charge in [0, 0.05) is 38.1 Å². The van der Waals surface area contributed by atoms with E-state index in [1.807, 2.05) is 0 Å². The molecule has 0 N–H and O–H groups in total. The second-order valence-corrected chi connectivity index (χ2v) is 9.99. The summed E-state index contributed by atoms with van der Waals surface area (Å²) in [4.78, 5) is 20.3. The van der Waals surface area contributed by atoms with Crippen LogP contribution in [0, 0.1) is 5.92 Å². The van der Waals surface area contributed by atoms with Crippen molar-refractivity contribution in [1.82, 2.24) is 14.8 Å². The number of ether oxygens (including phenoxy) is 1. The maximum atomic E-state index is 12.7. The highest BCUT2D eigenvalue weighted by atomic mass is 32.2. The molecule has 0 saturated carbocycles. The minimum Gasteiger partial charge on any atom is -0.379 e. The lowest BCUT2D eigenvalue weighted by atomic mass is 9.82. The molecule has 3 aliphatic heterocycles. The normalized spacial score (nSPS) is 28.8. The van der Waals surface area contributed by atoms with Gasteiger partial charge in [0.1, 0.15) is 10.4 Å². The lowest BCUT2D eigenvalue weighted by Gasteiger charge is -2.50. The molecule has 1 atom stereocenters. The number of hydrogen-bond acceptors (Lipinski definition) is 7. The molecule has 132 valence electrons. The zero-order valence-corrected chi connectivity index (χ0v) is 15.0. The van der Waals surface area contributed by atoms with Gasteiger partial charge in [0.05, 0.1) is 24.5 Å². The van der Waals surface area contributed by atoms with Gasteiger partial charge in [-0.1, -0.05) is 0 Å². The lowest BCUT2D eigenvalue weighted by Crippen LogP contribution is -2.69. The number of carbonyl (C=O) groups is 1. The molecule has 1 aromatic rings. The summed E-state index contributed by atoms with van der Waals surface area (Å²) in [7, 11) is -3.15. The van der Waals surface area contributed by atoms with E-state index in [-0.39, 0.29) is 17.6 Å². The topological polar surface area (TPSA) is 79.8 Å². The van der Waals surface area contributed by atoms with Gasteiger partial charge in [-0.2, -0.15) is 0 Å². The van der Waals surface area contributed by atoms with Crippen molar-refractivity contribution < 1.29 is 17.9 Å². The average molecular weight is 371 g/mol. The molecular weight excluding hydrogens is 350 g/mol. The highest BCUT2D eigenvalue weighted by Gasteiger charge is 2.62. The van der Waals surface area contributed by atoms with Crippen LogP contribution in [0.3, 0.4) is 0 Å². The molecule has 0 aromatic carbocycles. The summed E-state index contributed by atoms with van der Waals surface area (Å²) >= 11 is 1.37. The van der Waals surface area contributed by atoms with Crippen LogP contribution in [0.1, 0.15) is 16.9 Å². The molecule has 0 radical (unpaired) electrons. The van der Waals surface area contributed by atoms with Crippen molar-refractivity contribution in [3.8, 4) is 0 Å². The van der Waals surface area contributed by atoms with Crippen LogP contribution in [0.2, 0.25) is 0 Å². The Hall–Kier alpha value is -1.03. The fourth-order valence-electron chi connectivity index (χ4n) is 4.05. The van der Waals surface area contributed by atoms with E-state index in [9.17, 15) is 13.2 Å². The molecule has 1 amide bonds. The third-order valence-corrected chi connectivity index (χ3v) is 8.73. The van der Waals surface area contributed by atoms with Crippen LogP contribution in [0.5, 0.6) is 0 Å². The van der Waals surface area contributed by atoms with Gasteiger partial charge in [-0.25, -0.2) is 13.4 Å². The van der Waals surface area contributed by atoms with Gasteiger partial charge >= 0.3 is 0 Å². The summed E-state index contributed by atoms with van der Waals surface area (Å²) < 4.78 is 30.0. The number of aromatic nitrogens is 1. The van der Waals surface area contributed by atoms with E-state index < -0.39 is 14.6 Å². The summed E-state index contributed by atoms with van der Waals surface area (Å²) in [6.45, 7) is 4.52. The molecule has 3 aliphatic rings. The van der Waals surface area contributed by atoms with Gasteiger partial charge < -0.3 is 9.64 Å². The molecule has 3 saturated heterocycles. The Labute approximate surface area is 145 Å². The standard InChI is InChI=1S/C15H21N3O4S2/c19-14(13-8-23-11-16-13)18-9-15(10-18)12(1-6-24(15,20)21)7-17-2-4-22-5-3-17/h8,11-12H,1-7,9-10H2. The molecule has 0 aliphatic carbocycles.